The van der Waals surface area contributed by atoms with Crippen molar-refractivity contribution in [3.63, 3.8) is 0 Å². The van der Waals surface area contributed by atoms with Crippen LogP contribution in [0, 0.1) is 11.6 Å². The molecule has 1 aromatic heterocycles. The predicted molar refractivity (Wildman–Crippen MR) is 117 cm³/mol. The molecule has 0 radical (unpaired) electrons. The predicted octanol–water partition coefficient (Wildman–Crippen LogP) is 3.34. The number of carbonyl (C=O) groups is 1. The van der Waals surface area contributed by atoms with Crippen LogP contribution < -0.4 is 21.1 Å². The number of fused-ring (bicyclic) bond motifs is 1. The number of nitrogens with zero attached hydrogens (tertiary/aromatic N) is 3. The van der Waals surface area contributed by atoms with Gasteiger partial charge in [0.25, 0.3) is 5.91 Å². The standard InChI is InChI=1S/C22H22F2N6O2/c1-30-6-5-12-8-19(32-2)18(7-13(12)11-30)28-22-26-10-15(20(25)31)21(29-22)27-17-9-14(23)3-4-16(17)24/h3-4,7-10H,5-6,11H2,1-2H3,(H2,25,31)(H2,26,27,28,29). The molecule has 0 atom stereocenters. The summed E-state index contributed by atoms with van der Waals surface area (Å²) >= 11 is 0. The number of methoxy groups -OCH3 is 1. The van der Waals surface area contributed by atoms with Crippen LogP contribution in [-0.4, -0.2) is 41.5 Å². The summed E-state index contributed by atoms with van der Waals surface area (Å²) < 4.78 is 33.2. The topological polar surface area (TPSA) is 105 Å². The summed E-state index contributed by atoms with van der Waals surface area (Å²) in [7, 11) is 3.62. The van der Waals surface area contributed by atoms with E-state index in [0.29, 0.717) is 11.4 Å². The number of amides is 1. The lowest BCUT2D eigenvalue weighted by molar-refractivity contribution is 0.100. The molecule has 10 heteroatoms. The van der Waals surface area contributed by atoms with Gasteiger partial charge in [-0.25, -0.2) is 13.8 Å². The molecule has 0 fully saturated rings. The van der Waals surface area contributed by atoms with Crippen molar-refractivity contribution in [3.05, 3.63) is 64.9 Å². The molecule has 4 rings (SSSR count). The number of carbonyl (C=O) groups excluding carboxylic acids is 1. The minimum absolute atomic E-state index is 0.0591. The van der Waals surface area contributed by atoms with Crippen LogP contribution in [0.5, 0.6) is 5.75 Å². The summed E-state index contributed by atoms with van der Waals surface area (Å²) in [5, 5.41) is 5.71. The van der Waals surface area contributed by atoms with Crippen molar-refractivity contribution >= 4 is 29.0 Å². The van der Waals surface area contributed by atoms with Gasteiger partial charge >= 0.3 is 0 Å². The Bertz CT molecular complexity index is 1190. The van der Waals surface area contributed by atoms with Crippen molar-refractivity contribution in [1.29, 1.82) is 0 Å². The lowest BCUT2D eigenvalue weighted by Gasteiger charge is -2.26. The minimum atomic E-state index is -0.815. The summed E-state index contributed by atoms with van der Waals surface area (Å²) in [6.07, 6.45) is 2.13. The lowest BCUT2D eigenvalue weighted by Crippen LogP contribution is -2.26. The van der Waals surface area contributed by atoms with Crippen molar-refractivity contribution < 1.29 is 18.3 Å². The van der Waals surface area contributed by atoms with E-state index in [-0.39, 0.29) is 23.0 Å². The Balaban J connectivity index is 1.69. The smallest absolute Gasteiger partial charge is 0.254 e. The Morgan fingerprint density at radius 2 is 1.97 bits per heavy atom. The van der Waals surface area contributed by atoms with E-state index in [1.54, 1.807) is 7.11 Å². The molecule has 8 nitrogen and oxygen atoms in total. The van der Waals surface area contributed by atoms with Gasteiger partial charge in [-0.3, -0.25) is 4.79 Å². The quantitative estimate of drug-likeness (QED) is 0.540. The van der Waals surface area contributed by atoms with Gasteiger partial charge in [-0.05, 0) is 48.9 Å². The zero-order valence-electron chi connectivity index (χ0n) is 17.6. The van der Waals surface area contributed by atoms with Gasteiger partial charge in [-0.2, -0.15) is 4.98 Å². The molecule has 1 aliphatic heterocycles. The molecule has 0 spiro atoms. The van der Waals surface area contributed by atoms with Crippen LogP contribution in [0.1, 0.15) is 21.5 Å². The van der Waals surface area contributed by atoms with Gasteiger partial charge in [0.1, 0.15) is 28.8 Å². The van der Waals surface area contributed by atoms with Gasteiger partial charge < -0.3 is 26.0 Å². The summed E-state index contributed by atoms with van der Waals surface area (Å²) in [4.78, 5) is 22.4. The molecular weight excluding hydrogens is 418 g/mol. The van der Waals surface area contributed by atoms with Crippen molar-refractivity contribution in [3.8, 4) is 5.75 Å². The van der Waals surface area contributed by atoms with E-state index in [4.69, 9.17) is 10.5 Å². The van der Waals surface area contributed by atoms with Gasteiger partial charge in [-0.15, -0.1) is 0 Å². The van der Waals surface area contributed by atoms with E-state index in [9.17, 15) is 13.6 Å². The van der Waals surface area contributed by atoms with E-state index in [1.165, 1.54) is 11.8 Å². The highest BCUT2D eigenvalue weighted by Crippen LogP contribution is 2.33. The molecule has 1 amide bonds. The third-order valence-corrected chi connectivity index (χ3v) is 5.21. The molecule has 4 N–H and O–H groups in total. The van der Waals surface area contributed by atoms with Gasteiger partial charge in [0.05, 0.1) is 18.5 Å². The highest BCUT2D eigenvalue weighted by atomic mass is 19.1. The summed E-state index contributed by atoms with van der Waals surface area (Å²) in [5.74, 6) is -1.50. The number of aromatic nitrogens is 2. The van der Waals surface area contributed by atoms with Crippen molar-refractivity contribution in [2.75, 3.05) is 31.3 Å². The van der Waals surface area contributed by atoms with Crippen LogP contribution in [-0.2, 0) is 13.0 Å². The third kappa shape index (κ3) is 4.45. The number of anilines is 4. The molecule has 1 aliphatic rings. The maximum absolute atomic E-state index is 14.1. The number of likely N-dealkylation sites (N-methyl/N-ethyl adjacent to an activating group) is 1. The second-order valence-corrected chi connectivity index (χ2v) is 7.50. The number of ether oxygens (including phenoxy) is 1. The van der Waals surface area contributed by atoms with Gasteiger partial charge in [-0.1, -0.05) is 0 Å². The molecule has 0 unspecified atom stereocenters. The fourth-order valence-electron chi connectivity index (χ4n) is 3.55. The third-order valence-electron chi connectivity index (χ3n) is 5.21. The molecule has 0 bridgehead atoms. The van der Waals surface area contributed by atoms with Crippen molar-refractivity contribution in [2.45, 2.75) is 13.0 Å². The first-order valence-corrected chi connectivity index (χ1v) is 9.88. The Morgan fingerprint density at radius 3 is 2.72 bits per heavy atom. The lowest BCUT2D eigenvalue weighted by atomic mass is 9.99. The average molecular weight is 440 g/mol. The maximum Gasteiger partial charge on any atom is 0.254 e. The highest BCUT2D eigenvalue weighted by molar-refractivity contribution is 5.98. The Kier molecular flexibility index (Phi) is 5.87. The van der Waals surface area contributed by atoms with Crippen molar-refractivity contribution in [2.24, 2.45) is 5.73 Å². The summed E-state index contributed by atoms with van der Waals surface area (Å²) in [6.45, 7) is 1.76. The molecule has 2 heterocycles. The molecule has 3 aromatic rings. The number of primary amides is 1. The van der Waals surface area contributed by atoms with E-state index >= 15 is 0 Å². The highest BCUT2D eigenvalue weighted by Gasteiger charge is 2.19. The van der Waals surface area contributed by atoms with E-state index in [0.717, 1.165) is 43.3 Å². The van der Waals surface area contributed by atoms with Gasteiger partial charge in [0.15, 0.2) is 0 Å². The normalized spacial score (nSPS) is 13.4. The number of benzene rings is 2. The van der Waals surface area contributed by atoms with Crippen LogP contribution in [0.2, 0.25) is 0 Å². The zero-order valence-corrected chi connectivity index (χ0v) is 17.6. The number of hydrogen-bond acceptors (Lipinski definition) is 7. The molecule has 0 saturated heterocycles. The SMILES string of the molecule is COc1cc2c(cc1Nc1ncc(C(N)=O)c(Nc3cc(F)ccc3F)n1)CN(C)CC2. The van der Waals surface area contributed by atoms with E-state index in [1.807, 2.05) is 12.1 Å². The van der Waals surface area contributed by atoms with Gasteiger partial charge in [0, 0.05) is 25.4 Å². The second kappa shape index (κ2) is 8.75. The monoisotopic (exact) mass is 440 g/mol. The molecule has 2 aromatic carbocycles. The first-order valence-electron chi connectivity index (χ1n) is 9.88. The molecule has 0 aliphatic carbocycles. The fraction of sp³-hybridized carbons (Fsp3) is 0.227. The Labute approximate surface area is 183 Å². The van der Waals surface area contributed by atoms with Crippen molar-refractivity contribution in [1.82, 2.24) is 14.9 Å². The van der Waals surface area contributed by atoms with Crippen LogP contribution >= 0.6 is 0 Å². The first kappa shape index (κ1) is 21.4. The largest absolute Gasteiger partial charge is 0.495 e. The number of nitrogens with one attached hydrogen (secondary N) is 2. The first-order chi connectivity index (χ1) is 15.3. The van der Waals surface area contributed by atoms with Crippen LogP contribution in [0.25, 0.3) is 0 Å². The van der Waals surface area contributed by atoms with Gasteiger partial charge in [0.2, 0.25) is 5.95 Å². The summed E-state index contributed by atoms with van der Waals surface area (Å²) in [6, 6.07) is 6.86. The number of rotatable bonds is 6. The van der Waals surface area contributed by atoms with Crippen LogP contribution in [0.3, 0.4) is 0 Å². The van der Waals surface area contributed by atoms with Crippen LogP contribution in [0.15, 0.2) is 36.5 Å². The second-order valence-electron chi connectivity index (χ2n) is 7.50. The fourth-order valence-corrected chi connectivity index (χ4v) is 3.55. The Hall–Kier alpha value is -3.79. The maximum atomic E-state index is 14.1. The zero-order chi connectivity index (χ0) is 22.8. The van der Waals surface area contributed by atoms with E-state index in [2.05, 4.69) is 32.5 Å². The van der Waals surface area contributed by atoms with Crippen LogP contribution in [0.4, 0.5) is 31.9 Å². The molecule has 32 heavy (non-hydrogen) atoms. The number of nitrogens with two attached hydrogens (primary N) is 1. The number of hydrogen-bond donors (Lipinski definition) is 3. The Morgan fingerprint density at radius 1 is 1.16 bits per heavy atom. The molecule has 0 saturated carbocycles. The average Bonchev–Trinajstić information content (AvgIpc) is 2.75. The summed E-state index contributed by atoms with van der Waals surface area (Å²) in [5.41, 5.74) is 8.13. The van der Waals surface area contributed by atoms with E-state index < -0.39 is 17.5 Å². The minimum Gasteiger partial charge on any atom is -0.495 e. The molecule has 166 valence electrons. The molecular formula is C22H22F2N6O2. The number of halogens is 2.